The van der Waals surface area contributed by atoms with Gasteiger partial charge in [-0.1, -0.05) is 86.8 Å². The average Bonchev–Trinajstić information content (AvgIpc) is 2.62. The molecule has 4 rings (SSSR count). The summed E-state index contributed by atoms with van der Waals surface area (Å²) in [6, 6.07) is 7.48. The van der Waals surface area contributed by atoms with E-state index in [1.54, 1.807) is 0 Å². The predicted molar refractivity (Wildman–Crippen MR) is 121 cm³/mol. The molecule has 1 aromatic rings. The molecule has 0 unspecified atom stereocenters. The molecule has 1 fully saturated rings. The molecule has 2 nitrogen and oxygen atoms in total. The van der Waals surface area contributed by atoms with Crippen molar-refractivity contribution in [1.29, 1.82) is 0 Å². The topological polar surface area (TPSA) is 34.1 Å². The van der Waals surface area contributed by atoms with Gasteiger partial charge in [-0.25, -0.2) is 0 Å². The summed E-state index contributed by atoms with van der Waals surface area (Å²) in [6.07, 6.45) is 4.85. The van der Waals surface area contributed by atoms with Crippen molar-refractivity contribution in [2.45, 2.75) is 65.0 Å². The Labute approximate surface area is 171 Å². The summed E-state index contributed by atoms with van der Waals surface area (Å²) in [5.41, 5.74) is 2.91. The Morgan fingerprint density at radius 1 is 0.679 bits per heavy atom. The van der Waals surface area contributed by atoms with Gasteiger partial charge in [0.1, 0.15) is 0 Å². The number of rotatable bonds is 2. The van der Waals surface area contributed by atoms with Crippen LogP contribution in [0.3, 0.4) is 0 Å². The van der Waals surface area contributed by atoms with Gasteiger partial charge >= 0.3 is 0 Å². The lowest BCUT2D eigenvalue weighted by atomic mass is 9.68. The molecule has 0 spiro atoms. The zero-order valence-electron chi connectivity index (χ0n) is 18.1. The largest absolute Gasteiger partial charge is 0.289 e. The number of hydrogen-bond donors (Lipinski definition) is 0. The van der Waals surface area contributed by atoms with Gasteiger partial charge in [-0.3, -0.25) is 9.59 Å². The van der Waals surface area contributed by atoms with Gasteiger partial charge in [-0.2, -0.15) is 0 Å². The monoisotopic (exact) mass is 408 g/mol. The third-order valence-electron chi connectivity index (χ3n) is 6.78. The van der Waals surface area contributed by atoms with Crippen LogP contribution in [0, 0.1) is 11.8 Å². The first kappa shape index (κ1) is 19.8. The highest BCUT2D eigenvalue weighted by molar-refractivity contribution is 6.85. The van der Waals surface area contributed by atoms with Gasteiger partial charge in [-0.05, 0) is 24.7 Å². The Morgan fingerprint density at radius 2 is 1.04 bits per heavy atom. The van der Waals surface area contributed by atoms with Gasteiger partial charge in [0, 0.05) is 22.3 Å². The van der Waals surface area contributed by atoms with Crippen LogP contribution in [0.5, 0.6) is 0 Å². The van der Waals surface area contributed by atoms with Gasteiger partial charge < -0.3 is 0 Å². The first-order valence-corrected chi connectivity index (χ1v) is 17.7. The molecule has 2 atom stereocenters. The molecule has 0 saturated heterocycles. The predicted octanol–water partition coefficient (Wildman–Crippen LogP) is 6.23. The van der Waals surface area contributed by atoms with E-state index >= 15 is 0 Å². The Kier molecular flexibility index (Phi) is 4.59. The zero-order chi connectivity index (χ0) is 20.4. The third-order valence-corrected chi connectivity index (χ3v) is 11.3. The van der Waals surface area contributed by atoms with Crippen molar-refractivity contribution in [1.82, 2.24) is 0 Å². The Bertz CT molecular complexity index is 861. The lowest BCUT2D eigenvalue weighted by Gasteiger charge is -2.48. The smallest absolute Gasteiger partial charge is 0.194 e. The van der Waals surface area contributed by atoms with Crippen LogP contribution in [-0.2, 0) is 0 Å². The molecular weight excluding hydrogens is 376 g/mol. The van der Waals surface area contributed by atoms with E-state index in [-0.39, 0.29) is 11.6 Å². The third kappa shape index (κ3) is 2.88. The maximum atomic E-state index is 13.8. The molecule has 0 heterocycles. The summed E-state index contributed by atoms with van der Waals surface area (Å²) in [5.74, 6) is 1.18. The molecule has 28 heavy (non-hydrogen) atoms. The van der Waals surface area contributed by atoms with E-state index in [2.05, 4.69) is 39.3 Å². The molecule has 3 aliphatic rings. The van der Waals surface area contributed by atoms with Crippen molar-refractivity contribution in [2.75, 3.05) is 0 Å². The second-order valence-electron chi connectivity index (χ2n) is 10.8. The molecule has 0 aliphatic heterocycles. The molecule has 3 aliphatic carbocycles. The fourth-order valence-corrected chi connectivity index (χ4v) is 10.8. The number of carbonyl (C=O) groups is 2. The van der Waals surface area contributed by atoms with E-state index < -0.39 is 16.1 Å². The van der Waals surface area contributed by atoms with Crippen molar-refractivity contribution < 1.29 is 9.59 Å². The molecule has 1 aromatic carbocycles. The van der Waals surface area contributed by atoms with Gasteiger partial charge in [-0.15, -0.1) is 0 Å². The lowest BCUT2D eigenvalue weighted by molar-refractivity contribution is 0.0966. The SMILES string of the molecule is C[Si](C)(C)C1=C2C(=O)c3ccccc3C(=O)C2=C([Si](C)(C)C)[C@@H]2CCCC[C@H]12. The number of ketones is 2. The van der Waals surface area contributed by atoms with Crippen LogP contribution in [0.2, 0.25) is 39.3 Å². The number of fused-ring (bicyclic) bond motifs is 3. The standard InChI is InChI=1S/C24H32O2Si2/c1-27(2,3)23-17-13-9-10-14-18(17)24(28(4,5)6)20-19(23)21(25)15-11-7-8-12-16(15)22(20)26/h7-8,11-12,17-18H,9-10,13-14H2,1-6H3/t17-,18+. The maximum absolute atomic E-state index is 13.8. The fraction of sp³-hybridized carbons (Fsp3) is 0.500. The summed E-state index contributed by atoms with van der Waals surface area (Å²) >= 11 is 0. The molecule has 0 radical (unpaired) electrons. The van der Waals surface area contributed by atoms with E-state index in [0.29, 0.717) is 23.0 Å². The Morgan fingerprint density at radius 3 is 1.36 bits per heavy atom. The number of benzene rings is 1. The molecule has 1 saturated carbocycles. The quantitative estimate of drug-likeness (QED) is 0.543. The molecule has 148 valence electrons. The number of Topliss-reactive ketones (excluding diaryl/α,β-unsaturated/α-hetero) is 2. The summed E-state index contributed by atoms with van der Waals surface area (Å²) < 4.78 is 0. The minimum atomic E-state index is -1.77. The second kappa shape index (κ2) is 6.49. The molecule has 0 N–H and O–H groups in total. The summed E-state index contributed by atoms with van der Waals surface area (Å²) in [6.45, 7) is 14.1. The molecule has 0 amide bonds. The average molecular weight is 409 g/mol. The highest BCUT2D eigenvalue weighted by Crippen LogP contribution is 2.53. The normalized spacial score (nSPS) is 25.5. The van der Waals surface area contributed by atoms with Gasteiger partial charge in [0.15, 0.2) is 11.6 Å². The van der Waals surface area contributed by atoms with E-state index in [9.17, 15) is 9.59 Å². The molecule has 0 bridgehead atoms. The van der Waals surface area contributed by atoms with Crippen molar-refractivity contribution in [3.8, 4) is 0 Å². The summed E-state index contributed by atoms with van der Waals surface area (Å²) in [7, 11) is -3.53. The number of carbonyl (C=O) groups excluding carboxylic acids is 2. The zero-order valence-corrected chi connectivity index (χ0v) is 20.1. The molecular formula is C24H32O2Si2. The lowest BCUT2D eigenvalue weighted by Crippen LogP contribution is -2.47. The van der Waals surface area contributed by atoms with E-state index in [1.165, 1.54) is 36.1 Å². The van der Waals surface area contributed by atoms with Crippen molar-refractivity contribution in [3.63, 3.8) is 0 Å². The van der Waals surface area contributed by atoms with Crippen LogP contribution in [0.15, 0.2) is 45.8 Å². The molecule has 4 heteroatoms. The molecule has 0 aromatic heterocycles. The van der Waals surface area contributed by atoms with Gasteiger partial charge in [0.05, 0.1) is 16.1 Å². The number of allylic oxidation sites excluding steroid dienone is 4. The maximum Gasteiger partial charge on any atom is 0.194 e. The Balaban J connectivity index is 2.14. The van der Waals surface area contributed by atoms with Crippen LogP contribution in [-0.4, -0.2) is 27.7 Å². The fourth-order valence-electron chi connectivity index (χ4n) is 5.94. The minimum Gasteiger partial charge on any atom is -0.289 e. The second-order valence-corrected chi connectivity index (χ2v) is 20.9. The van der Waals surface area contributed by atoms with Crippen LogP contribution in [0.1, 0.15) is 46.4 Å². The summed E-state index contributed by atoms with van der Waals surface area (Å²) in [4.78, 5) is 27.6. The van der Waals surface area contributed by atoms with E-state index in [0.717, 1.165) is 11.1 Å². The van der Waals surface area contributed by atoms with E-state index in [1.807, 2.05) is 24.3 Å². The number of hydrogen-bond acceptors (Lipinski definition) is 2. The van der Waals surface area contributed by atoms with Crippen molar-refractivity contribution >= 4 is 27.7 Å². The van der Waals surface area contributed by atoms with Gasteiger partial charge in [0.25, 0.3) is 0 Å². The van der Waals surface area contributed by atoms with Crippen LogP contribution in [0.25, 0.3) is 0 Å². The Hall–Kier alpha value is -1.53. The van der Waals surface area contributed by atoms with Crippen LogP contribution >= 0.6 is 0 Å². The highest BCUT2D eigenvalue weighted by atomic mass is 28.3. The van der Waals surface area contributed by atoms with Crippen LogP contribution in [0.4, 0.5) is 0 Å². The first-order chi connectivity index (χ1) is 13.0. The van der Waals surface area contributed by atoms with Crippen molar-refractivity contribution in [3.05, 3.63) is 56.9 Å². The van der Waals surface area contributed by atoms with E-state index in [4.69, 9.17) is 0 Å². The summed E-state index contributed by atoms with van der Waals surface area (Å²) in [5, 5.41) is 2.78. The van der Waals surface area contributed by atoms with Crippen molar-refractivity contribution in [2.24, 2.45) is 11.8 Å². The first-order valence-electron chi connectivity index (χ1n) is 10.7. The minimum absolute atomic E-state index is 0.113. The highest BCUT2D eigenvalue weighted by Gasteiger charge is 2.50. The van der Waals surface area contributed by atoms with Crippen LogP contribution < -0.4 is 0 Å². The van der Waals surface area contributed by atoms with Gasteiger partial charge in [0.2, 0.25) is 0 Å².